The minimum Gasteiger partial charge on any atom is -0.477 e. The van der Waals surface area contributed by atoms with E-state index >= 15 is 0 Å². The molecule has 1 aromatic carbocycles. The van der Waals surface area contributed by atoms with E-state index in [0.717, 1.165) is 23.5 Å². The number of hydrogen-bond acceptors (Lipinski definition) is 5. The zero-order chi connectivity index (χ0) is 22.1. The fraction of sp³-hybridized carbons (Fsp3) is 0.522. The van der Waals surface area contributed by atoms with E-state index in [-0.39, 0.29) is 29.8 Å². The first kappa shape index (κ1) is 22.3. The van der Waals surface area contributed by atoms with Crippen LogP contribution in [0.1, 0.15) is 67.8 Å². The number of amides is 2. The Morgan fingerprint density at radius 1 is 1.27 bits per heavy atom. The Labute approximate surface area is 182 Å². The summed E-state index contributed by atoms with van der Waals surface area (Å²) in [6.07, 6.45) is 0.952. The first-order chi connectivity index (χ1) is 14.2. The summed E-state index contributed by atoms with van der Waals surface area (Å²) in [5.74, 6) is 0.212. The van der Waals surface area contributed by atoms with E-state index in [1.54, 1.807) is 11.0 Å². The first-order valence-electron chi connectivity index (χ1n) is 10.5. The van der Waals surface area contributed by atoms with Crippen LogP contribution in [0.4, 0.5) is 5.69 Å². The first-order valence-corrected chi connectivity index (χ1v) is 11.3. The third-order valence-corrected chi connectivity index (χ3v) is 6.85. The summed E-state index contributed by atoms with van der Waals surface area (Å²) in [6.45, 7) is 12.4. The predicted octanol–water partition coefficient (Wildman–Crippen LogP) is 4.46. The van der Waals surface area contributed by atoms with E-state index in [9.17, 15) is 9.59 Å². The van der Waals surface area contributed by atoms with Gasteiger partial charge < -0.3 is 10.1 Å². The van der Waals surface area contributed by atoms with Crippen LogP contribution in [0.2, 0.25) is 0 Å². The Morgan fingerprint density at radius 3 is 2.53 bits per heavy atom. The third-order valence-electron chi connectivity index (χ3n) is 5.28. The van der Waals surface area contributed by atoms with Crippen LogP contribution >= 0.6 is 11.3 Å². The summed E-state index contributed by atoms with van der Waals surface area (Å²) >= 11 is 1.43. The van der Waals surface area contributed by atoms with E-state index in [1.165, 1.54) is 11.3 Å². The molecule has 1 N–H and O–H groups in total. The molecule has 1 aromatic heterocycles. The van der Waals surface area contributed by atoms with Gasteiger partial charge in [0.1, 0.15) is 10.6 Å². The molecule has 30 heavy (non-hydrogen) atoms. The topological polar surface area (TPSA) is 71.5 Å². The van der Waals surface area contributed by atoms with Gasteiger partial charge >= 0.3 is 0 Å². The van der Waals surface area contributed by atoms with Crippen molar-refractivity contribution in [1.29, 1.82) is 0 Å². The number of aryl methyl sites for hydroxylation is 1. The average Bonchev–Trinajstić information content (AvgIpc) is 3.12. The monoisotopic (exact) mass is 429 g/mol. The molecule has 0 aliphatic carbocycles. The molecule has 162 valence electrons. The molecule has 2 amide bonds. The highest BCUT2D eigenvalue weighted by Crippen LogP contribution is 2.36. The number of fused-ring (bicyclic) bond motifs is 1. The van der Waals surface area contributed by atoms with E-state index < -0.39 is 6.10 Å². The molecular formula is C23H31N3O3S. The van der Waals surface area contributed by atoms with Gasteiger partial charge in [-0.15, -0.1) is 11.3 Å². The average molecular weight is 430 g/mol. The molecule has 1 aliphatic heterocycles. The zero-order valence-corrected chi connectivity index (χ0v) is 19.4. The van der Waals surface area contributed by atoms with E-state index in [1.807, 2.05) is 39.0 Å². The number of hydrogen-bond donors (Lipinski definition) is 1. The van der Waals surface area contributed by atoms with Crippen LogP contribution in [0.25, 0.3) is 0 Å². The standard InChI is InChI=1S/C23H31N3O3S/c1-7-15(8-2)25-20(27)18-13-26(16-11-9-10-12-17(16)29-18)21(28)19-14(3)24-22(30-19)23(4,5)6/h9-12,15,18H,7-8,13H2,1-6H3,(H,25,27). The Bertz CT molecular complexity index is 928. The lowest BCUT2D eigenvalue weighted by Gasteiger charge is -2.34. The second-order valence-electron chi connectivity index (χ2n) is 8.70. The highest BCUT2D eigenvalue weighted by molar-refractivity contribution is 7.14. The number of rotatable bonds is 5. The van der Waals surface area contributed by atoms with Crippen LogP contribution in [0.15, 0.2) is 24.3 Å². The fourth-order valence-electron chi connectivity index (χ4n) is 3.39. The minimum absolute atomic E-state index is 0.0977. The quantitative estimate of drug-likeness (QED) is 0.762. The zero-order valence-electron chi connectivity index (χ0n) is 18.6. The van der Waals surface area contributed by atoms with Crippen molar-refractivity contribution < 1.29 is 14.3 Å². The molecule has 0 saturated heterocycles. The summed E-state index contributed by atoms with van der Waals surface area (Å²) < 4.78 is 5.97. The Balaban J connectivity index is 1.92. The van der Waals surface area contributed by atoms with Gasteiger partial charge in [-0.25, -0.2) is 4.98 Å². The van der Waals surface area contributed by atoms with Crippen molar-refractivity contribution in [2.75, 3.05) is 11.4 Å². The lowest BCUT2D eigenvalue weighted by Crippen LogP contribution is -2.52. The molecule has 0 saturated carbocycles. The molecule has 1 aliphatic rings. The molecule has 7 heteroatoms. The summed E-state index contributed by atoms with van der Waals surface area (Å²) in [5, 5.41) is 3.96. The Hall–Kier alpha value is -2.41. The maximum absolute atomic E-state index is 13.5. The molecule has 1 unspecified atom stereocenters. The van der Waals surface area contributed by atoms with Gasteiger partial charge in [-0.3, -0.25) is 14.5 Å². The van der Waals surface area contributed by atoms with Crippen LogP contribution in [-0.4, -0.2) is 35.5 Å². The SMILES string of the molecule is CCC(CC)NC(=O)C1CN(C(=O)c2sc(C(C)(C)C)nc2C)c2ccccc2O1. The molecule has 0 radical (unpaired) electrons. The number of aromatic nitrogens is 1. The molecular weight excluding hydrogens is 398 g/mol. The van der Waals surface area contributed by atoms with Gasteiger partial charge in [0, 0.05) is 11.5 Å². The number of carbonyl (C=O) groups excluding carboxylic acids is 2. The number of ether oxygens (including phenoxy) is 1. The second-order valence-corrected chi connectivity index (χ2v) is 9.69. The molecule has 0 fully saturated rings. The van der Waals surface area contributed by atoms with Crippen LogP contribution in [-0.2, 0) is 10.2 Å². The number of para-hydroxylation sites is 2. The van der Waals surface area contributed by atoms with Gasteiger partial charge in [-0.2, -0.15) is 0 Å². The fourth-order valence-corrected chi connectivity index (χ4v) is 4.46. The van der Waals surface area contributed by atoms with Gasteiger partial charge in [0.25, 0.3) is 11.8 Å². The summed E-state index contributed by atoms with van der Waals surface area (Å²) in [6, 6.07) is 7.46. The van der Waals surface area contributed by atoms with Crippen molar-refractivity contribution in [3.63, 3.8) is 0 Å². The van der Waals surface area contributed by atoms with Crippen LogP contribution in [0, 0.1) is 6.92 Å². The highest BCUT2D eigenvalue weighted by atomic mass is 32.1. The lowest BCUT2D eigenvalue weighted by atomic mass is 9.98. The lowest BCUT2D eigenvalue weighted by molar-refractivity contribution is -0.128. The predicted molar refractivity (Wildman–Crippen MR) is 121 cm³/mol. The molecule has 2 heterocycles. The van der Waals surface area contributed by atoms with E-state index in [4.69, 9.17) is 4.74 Å². The summed E-state index contributed by atoms with van der Waals surface area (Å²) in [4.78, 5) is 33.3. The van der Waals surface area contributed by atoms with Gasteiger partial charge in [0.2, 0.25) is 0 Å². The number of benzene rings is 1. The van der Waals surface area contributed by atoms with Crippen molar-refractivity contribution in [3.8, 4) is 5.75 Å². The van der Waals surface area contributed by atoms with Crippen molar-refractivity contribution in [2.24, 2.45) is 0 Å². The third kappa shape index (κ3) is 4.51. The molecule has 3 rings (SSSR count). The Kier molecular flexibility index (Phi) is 6.50. The van der Waals surface area contributed by atoms with Crippen molar-refractivity contribution in [2.45, 2.75) is 71.9 Å². The smallest absolute Gasteiger partial charge is 0.270 e. The van der Waals surface area contributed by atoms with Gasteiger partial charge in [-0.1, -0.05) is 46.8 Å². The second kappa shape index (κ2) is 8.76. The van der Waals surface area contributed by atoms with Crippen LogP contribution in [0.5, 0.6) is 5.75 Å². The maximum atomic E-state index is 13.5. The molecule has 6 nitrogen and oxygen atoms in total. The minimum atomic E-state index is -0.750. The number of anilines is 1. The van der Waals surface area contributed by atoms with Gasteiger partial charge in [-0.05, 0) is 31.9 Å². The normalized spacial score (nSPS) is 16.2. The maximum Gasteiger partial charge on any atom is 0.270 e. The van der Waals surface area contributed by atoms with Gasteiger partial charge in [0.15, 0.2) is 6.10 Å². The van der Waals surface area contributed by atoms with E-state index in [2.05, 4.69) is 31.1 Å². The molecule has 2 aromatic rings. The number of thiazole rings is 1. The summed E-state index contributed by atoms with van der Waals surface area (Å²) in [5.41, 5.74) is 1.27. The molecule has 0 spiro atoms. The van der Waals surface area contributed by atoms with Crippen molar-refractivity contribution in [1.82, 2.24) is 10.3 Å². The number of nitrogens with one attached hydrogen (secondary N) is 1. The van der Waals surface area contributed by atoms with Crippen molar-refractivity contribution >= 4 is 28.8 Å². The van der Waals surface area contributed by atoms with Crippen LogP contribution in [0.3, 0.4) is 0 Å². The number of carbonyl (C=O) groups is 2. The van der Waals surface area contributed by atoms with Gasteiger partial charge in [0.05, 0.1) is 22.9 Å². The summed E-state index contributed by atoms with van der Waals surface area (Å²) in [7, 11) is 0. The molecule has 1 atom stereocenters. The molecule has 0 bridgehead atoms. The van der Waals surface area contributed by atoms with Crippen LogP contribution < -0.4 is 15.0 Å². The Morgan fingerprint density at radius 2 is 1.93 bits per heavy atom. The van der Waals surface area contributed by atoms with E-state index in [0.29, 0.717) is 16.3 Å². The largest absolute Gasteiger partial charge is 0.477 e. The highest BCUT2D eigenvalue weighted by Gasteiger charge is 2.36. The van der Waals surface area contributed by atoms with Crippen molar-refractivity contribution in [3.05, 3.63) is 39.8 Å². The number of nitrogens with zero attached hydrogens (tertiary/aromatic N) is 2.